The molecule has 0 amide bonds. The third-order valence-electron chi connectivity index (χ3n) is 11.2. The maximum absolute atomic E-state index is 5.66. The highest BCUT2D eigenvalue weighted by molar-refractivity contribution is 6.12. The lowest BCUT2D eigenvalue weighted by Crippen LogP contribution is -2.12. The second-order valence-corrected chi connectivity index (χ2v) is 18.7. The summed E-state index contributed by atoms with van der Waals surface area (Å²) in [5.74, 6) is 0.987. The molecule has 0 aliphatic heterocycles. The van der Waals surface area contributed by atoms with Gasteiger partial charge in [-0.05, 0) is 118 Å². The van der Waals surface area contributed by atoms with E-state index in [1.54, 1.807) is 0 Å². The first kappa shape index (κ1) is 36.5. The van der Waals surface area contributed by atoms with Crippen LogP contribution >= 0.6 is 0 Å². The van der Waals surface area contributed by atoms with Crippen LogP contribution in [0.2, 0.25) is 0 Å². The Kier molecular flexibility index (Phi) is 8.68. The van der Waals surface area contributed by atoms with Gasteiger partial charge in [-0.15, -0.1) is 0 Å². The minimum atomic E-state index is -0.0698. The molecule has 4 heteroatoms. The Morgan fingerprint density at radius 1 is 0.545 bits per heavy atom. The molecule has 0 bridgehead atoms. The van der Waals surface area contributed by atoms with Gasteiger partial charge in [-0.25, -0.2) is 4.98 Å². The Hall–Kier alpha value is -5.48. The molecule has 0 aliphatic carbocycles. The zero-order valence-electron chi connectivity index (χ0n) is 34.4. The van der Waals surface area contributed by atoms with Gasteiger partial charge in [0.05, 0.1) is 22.2 Å². The minimum Gasteiger partial charge on any atom is -0.354 e. The first-order valence-corrected chi connectivity index (χ1v) is 19.8. The quantitative estimate of drug-likeness (QED) is 0.192. The van der Waals surface area contributed by atoms with Gasteiger partial charge in [0, 0.05) is 45.2 Å². The zero-order chi connectivity index (χ0) is 39.0. The van der Waals surface area contributed by atoms with Crippen molar-refractivity contribution in [2.75, 3.05) is 0 Å². The van der Waals surface area contributed by atoms with Crippen molar-refractivity contribution in [3.05, 3.63) is 132 Å². The van der Waals surface area contributed by atoms with Gasteiger partial charge in [-0.2, -0.15) is 0 Å². The smallest absolute Gasteiger partial charge is 0.143 e. The van der Waals surface area contributed by atoms with Crippen molar-refractivity contribution < 1.29 is 0 Å². The number of aromatic amines is 1. The molecule has 4 nitrogen and oxygen atoms in total. The topological polar surface area (TPSA) is 46.5 Å². The van der Waals surface area contributed by atoms with Crippen LogP contribution in [0.5, 0.6) is 0 Å². The average molecular weight is 723 g/mol. The van der Waals surface area contributed by atoms with E-state index >= 15 is 0 Å². The third kappa shape index (κ3) is 6.66. The number of nitrogens with zero attached hydrogens (tertiary/aromatic N) is 3. The number of H-pyrrole nitrogens is 1. The largest absolute Gasteiger partial charge is 0.354 e. The van der Waals surface area contributed by atoms with Crippen LogP contribution in [-0.2, 0) is 16.2 Å². The van der Waals surface area contributed by atoms with E-state index < -0.39 is 0 Å². The van der Waals surface area contributed by atoms with Crippen LogP contribution in [0.4, 0.5) is 0 Å². The van der Waals surface area contributed by atoms with Gasteiger partial charge in [0.15, 0.2) is 0 Å². The number of nitrogens with one attached hydrogen (secondary N) is 1. The van der Waals surface area contributed by atoms with Crippen molar-refractivity contribution >= 4 is 32.8 Å². The fourth-order valence-electron chi connectivity index (χ4n) is 7.90. The Labute approximate surface area is 326 Å². The zero-order valence-corrected chi connectivity index (χ0v) is 34.4. The normalized spacial score (nSPS) is 12.8. The van der Waals surface area contributed by atoms with Crippen LogP contribution in [-0.4, -0.2) is 19.5 Å². The molecular formula is C51H54N4. The summed E-state index contributed by atoms with van der Waals surface area (Å²) in [5.41, 5.74) is 16.1. The van der Waals surface area contributed by atoms with E-state index in [1.165, 1.54) is 33.0 Å². The van der Waals surface area contributed by atoms with Gasteiger partial charge in [0.2, 0.25) is 0 Å². The van der Waals surface area contributed by atoms with Crippen LogP contribution < -0.4 is 0 Å². The molecule has 0 saturated carbocycles. The third-order valence-corrected chi connectivity index (χ3v) is 11.2. The summed E-state index contributed by atoms with van der Waals surface area (Å²) in [5, 5.41) is 2.51. The fourth-order valence-corrected chi connectivity index (χ4v) is 7.90. The maximum Gasteiger partial charge on any atom is 0.143 e. The summed E-state index contributed by atoms with van der Waals surface area (Å²) in [7, 11) is 0. The summed E-state index contributed by atoms with van der Waals surface area (Å²) in [6.45, 7) is 25.2. The molecule has 0 fully saturated rings. The van der Waals surface area contributed by atoms with Crippen molar-refractivity contribution in [3.63, 3.8) is 0 Å². The average Bonchev–Trinajstić information content (AvgIpc) is 3.72. The predicted octanol–water partition coefficient (Wildman–Crippen LogP) is 14.2. The van der Waals surface area contributed by atoms with E-state index in [-0.39, 0.29) is 22.3 Å². The van der Waals surface area contributed by atoms with Gasteiger partial charge in [-0.3, -0.25) is 4.98 Å². The molecule has 0 unspecified atom stereocenters. The van der Waals surface area contributed by atoms with Gasteiger partial charge in [0.25, 0.3) is 0 Å². The van der Waals surface area contributed by atoms with Crippen LogP contribution in [0.25, 0.3) is 77.7 Å². The summed E-state index contributed by atoms with van der Waals surface area (Å²) in [6.07, 6.45) is 1.93. The Bertz CT molecular complexity index is 2720. The summed E-state index contributed by atoms with van der Waals surface area (Å²) in [6, 6.07) is 40.4. The van der Waals surface area contributed by atoms with E-state index in [1.807, 2.05) is 6.20 Å². The van der Waals surface area contributed by atoms with E-state index in [4.69, 9.17) is 9.97 Å². The van der Waals surface area contributed by atoms with Crippen LogP contribution in [0.1, 0.15) is 98.9 Å². The lowest BCUT2D eigenvalue weighted by Gasteiger charge is -2.22. The van der Waals surface area contributed by atoms with Crippen molar-refractivity contribution in [2.24, 2.45) is 0 Å². The number of para-hydroxylation sites is 1. The van der Waals surface area contributed by atoms with E-state index in [9.17, 15) is 0 Å². The van der Waals surface area contributed by atoms with Crippen molar-refractivity contribution in [1.82, 2.24) is 19.5 Å². The number of pyridine rings is 1. The van der Waals surface area contributed by atoms with E-state index in [2.05, 4.69) is 195 Å². The molecule has 3 aromatic heterocycles. The van der Waals surface area contributed by atoms with Crippen molar-refractivity contribution in [1.29, 1.82) is 0 Å². The highest BCUT2D eigenvalue weighted by atomic mass is 15.1. The highest BCUT2D eigenvalue weighted by Gasteiger charge is 2.26. The molecule has 0 radical (unpaired) electrons. The van der Waals surface area contributed by atoms with Gasteiger partial charge in [-0.1, -0.05) is 117 Å². The van der Waals surface area contributed by atoms with Gasteiger partial charge in [0.1, 0.15) is 5.82 Å². The van der Waals surface area contributed by atoms with E-state index in [0.717, 1.165) is 61.4 Å². The van der Waals surface area contributed by atoms with Crippen molar-refractivity contribution in [2.45, 2.75) is 98.4 Å². The Balaban J connectivity index is 1.38. The summed E-state index contributed by atoms with van der Waals surface area (Å²) >= 11 is 0. The first-order valence-electron chi connectivity index (χ1n) is 19.8. The molecule has 8 rings (SSSR count). The number of benzene rings is 5. The molecule has 278 valence electrons. The SMILES string of the molecule is CC(C)n1c(-c2cc(C(C)(C)C)cc3c2[nH]c2ccc(C(C)(C)C)cc23)nc2c(-c3cc(-c4cc(-c5ccccc5)ccn4)cc(C(C)(C)C)c3)cccc21. The molecule has 1 N–H and O–H groups in total. The van der Waals surface area contributed by atoms with Gasteiger partial charge >= 0.3 is 0 Å². The second-order valence-electron chi connectivity index (χ2n) is 18.7. The number of hydrogen-bond donors (Lipinski definition) is 1. The molecule has 0 aliphatic rings. The highest BCUT2D eigenvalue weighted by Crippen LogP contribution is 2.43. The Morgan fingerprint density at radius 3 is 1.91 bits per heavy atom. The lowest BCUT2D eigenvalue weighted by molar-refractivity contribution is 0.590. The van der Waals surface area contributed by atoms with Crippen LogP contribution in [0.3, 0.4) is 0 Å². The maximum atomic E-state index is 5.66. The van der Waals surface area contributed by atoms with Gasteiger partial charge < -0.3 is 9.55 Å². The number of fused-ring (bicyclic) bond motifs is 4. The molecule has 55 heavy (non-hydrogen) atoms. The van der Waals surface area contributed by atoms with E-state index in [0.29, 0.717) is 0 Å². The lowest BCUT2D eigenvalue weighted by atomic mass is 9.83. The number of aromatic nitrogens is 4. The predicted molar refractivity (Wildman–Crippen MR) is 235 cm³/mol. The number of hydrogen-bond acceptors (Lipinski definition) is 2. The summed E-state index contributed by atoms with van der Waals surface area (Å²) < 4.78 is 2.44. The fraction of sp³-hybridized carbons (Fsp3) is 0.294. The number of imidazole rings is 1. The summed E-state index contributed by atoms with van der Waals surface area (Å²) in [4.78, 5) is 14.4. The van der Waals surface area contributed by atoms with Crippen molar-refractivity contribution in [3.8, 4) is 44.9 Å². The standard InChI is InChI=1S/C51H54N4/c1-31(2)55-45-19-15-18-39(34-24-35(26-37(25-34)50(6,7)8)44-27-33(22-23-52-44)32-16-13-12-14-17-32)47(45)54-48(55)42-30-38(51(9,10)11)29-41-40-28-36(49(3,4)5)20-21-43(40)53-46(41)42/h12-31,53H,1-11H3. The second kappa shape index (κ2) is 13.1. The number of rotatable bonds is 5. The molecular weight excluding hydrogens is 669 g/mol. The molecule has 0 atom stereocenters. The molecule has 3 heterocycles. The minimum absolute atomic E-state index is 0.0508. The molecule has 5 aromatic carbocycles. The Morgan fingerprint density at radius 2 is 1.22 bits per heavy atom. The van der Waals surface area contributed by atoms with Crippen LogP contribution in [0, 0.1) is 0 Å². The molecule has 0 saturated heterocycles. The molecule has 8 aromatic rings. The molecule has 0 spiro atoms. The first-order chi connectivity index (χ1) is 26.0. The monoisotopic (exact) mass is 722 g/mol. The van der Waals surface area contributed by atoms with Crippen LogP contribution in [0.15, 0.2) is 115 Å².